The van der Waals surface area contributed by atoms with Gasteiger partial charge in [0.1, 0.15) is 38.5 Å². The molecule has 1 saturated heterocycles. The number of piperazine rings is 1. The van der Waals surface area contributed by atoms with Gasteiger partial charge in [-0.05, 0) is 18.1 Å². The third-order valence-corrected chi connectivity index (χ3v) is 4.90. The molecule has 0 spiro atoms. The molecule has 0 unspecified atom stereocenters. The highest BCUT2D eigenvalue weighted by molar-refractivity contribution is 5.16. The zero-order valence-corrected chi connectivity index (χ0v) is 13.7. The van der Waals surface area contributed by atoms with Crippen molar-refractivity contribution < 1.29 is 14.2 Å². The molecule has 0 saturated carbocycles. The first-order valence-electron chi connectivity index (χ1n) is 8.76. The second-order valence-corrected chi connectivity index (χ2v) is 6.61. The average molecular weight is 314 g/mol. The molecule has 1 fully saturated rings. The van der Waals surface area contributed by atoms with Crippen molar-refractivity contribution in [3.63, 3.8) is 0 Å². The highest BCUT2D eigenvalue weighted by atomic mass is 19.1. The molecule has 3 rings (SSSR count). The Morgan fingerprint density at radius 1 is 0.783 bits per heavy atom. The molecular formula is C20H27FN2+2. The molecule has 0 atom stereocenters. The lowest BCUT2D eigenvalue weighted by Gasteiger charge is -2.29. The first kappa shape index (κ1) is 16.2. The Balaban J connectivity index is 1.38. The van der Waals surface area contributed by atoms with E-state index in [0.717, 1.165) is 25.2 Å². The summed E-state index contributed by atoms with van der Waals surface area (Å²) in [5.74, 6) is -0.0577. The number of hydrogen-bond donors (Lipinski definition) is 2. The molecule has 2 N–H and O–H groups in total. The van der Waals surface area contributed by atoms with Crippen molar-refractivity contribution in [1.29, 1.82) is 0 Å². The van der Waals surface area contributed by atoms with Crippen LogP contribution in [0, 0.1) is 5.82 Å². The lowest BCUT2D eigenvalue weighted by molar-refractivity contribution is -1.02. The number of rotatable bonds is 6. The summed E-state index contributed by atoms with van der Waals surface area (Å²) in [5.41, 5.74) is 2.30. The maximum Gasteiger partial charge on any atom is 0.132 e. The number of halogens is 1. The Hall–Kier alpha value is -1.71. The van der Waals surface area contributed by atoms with Gasteiger partial charge in [0.15, 0.2) is 0 Å². The van der Waals surface area contributed by atoms with Gasteiger partial charge >= 0.3 is 0 Å². The summed E-state index contributed by atoms with van der Waals surface area (Å²) >= 11 is 0. The quantitative estimate of drug-likeness (QED) is 0.778. The van der Waals surface area contributed by atoms with Crippen LogP contribution in [0.1, 0.15) is 17.5 Å². The molecule has 1 aliphatic rings. The Kier molecular flexibility index (Phi) is 5.78. The molecule has 1 aliphatic heterocycles. The van der Waals surface area contributed by atoms with Gasteiger partial charge in [0.25, 0.3) is 0 Å². The molecule has 23 heavy (non-hydrogen) atoms. The lowest BCUT2D eigenvalue weighted by Crippen LogP contribution is -3.27. The lowest BCUT2D eigenvalue weighted by atomic mass is 10.1. The molecule has 3 heteroatoms. The van der Waals surface area contributed by atoms with Crippen LogP contribution >= 0.6 is 0 Å². The molecule has 2 aromatic rings. The van der Waals surface area contributed by atoms with Gasteiger partial charge < -0.3 is 9.80 Å². The summed E-state index contributed by atoms with van der Waals surface area (Å²) in [7, 11) is 0. The van der Waals surface area contributed by atoms with Crippen LogP contribution in [0.25, 0.3) is 0 Å². The topological polar surface area (TPSA) is 8.88 Å². The summed E-state index contributed by atoms with van der Waals surface area (Å²) in [6.07, 6.45) is 2.43. The van der Waals surface area contributed by atoms with Gasteiger partial charge in [0.2, 0.25) is 0 Å². The molecule has 0 aliphatic carbocycles. The Morgan fingerprint density at radius 2 is 1.43 bits per heavy atom. The van der Waals surface area contributed by atoms with E-state index < -0.39 is 0 Å². The van der Waals surface area contributed by atoms with E-state index in [1.54, 1.807) is 17.0 Å². The Bertz CT molecular complexity index is 592. The van der Waals surface area contributed by atoms with Crippen LogP contribution in [0.5, 0.6) is 0 Å². The van der Waals surface area contributed by atoms with Gasteiger partial charge in [-0.15, -0.1) is 0 Å². The molecule has 122 valence electrons. The van der Waals surface area contributed by atoms with Crippen molar-refractivity contribution in [3.8, 4) is 0 Å². The molecule has 1 heterocycles. The fraction of sp³-hybridized carbons (Fsp3) is 0.400. The normalized spacial score (nSPS) is 21.3. The Labute approximate surface area is 138 Å². The van der Waals surface area contributed by atoms with Crippen LogP contribution in [0.4, 0.5) is 4.39 Å². The summed E-state index contributed by atoms with van der Waals surface area (Å²) < 4.78 is 13.7. The van der Waals surface area contributed by atoms with E-state index in [2.05, 4.69) is 30.3 Å². The van der Waals surface area contributed by atoms with Gasteiger partial charge in [-0.2, -0.15) is 0 Å². The predicted octanol–water partition coefficient (Wildman–Crippen LogP) is 0.742. The van der Waals surface area contributed by atoms with E-state index in [1.165, 1.54) is 42.9 Å². The van der Waals surface area contributed by atoms with Crippen LogP contribution in [0.3, 0.4) is 0 Å². The third-order valence-electron chi connectivity index (χ3n) is 4.90. The van der Waals surface area contributed by atoms with Gasteiger partial charge in [-0.1, -0.05) is 48.5 Å². The van der Waals surface area contributed by atoms with Crippen LogP contribution in [0.15, 0.2) is 54.6 Å². The number of hydrogen-bond acceptors (Lipinski definition) is 0. The molecule has 0 radical (unpaired) electrons. The van der Waals surface area contributed by atoms with Crippen molar-refractivity contribution in [1.82, 2.24) is 0 Å². The minimum atomic E-state index is -0.0577. The van der Waals surface area contributed by atoms with Gasteiger partial charge in [-0.3, -0.25) is 0 Å². The first-order valence-corrected chi connectivity index (χ1v) is 8.76. The molecule has 0 bridgehead atoms. The van der Waals surface area contributed by atoms with Gasteiger partial charge in [-0.25, -0.2) is 4.39 Å². The fourth-order valence-corrected chi connectivity index (χ4v) is 3.48. The number of benzene rings is 2. The summed E-state index contributed by atoms with van der Waals surface area (Å²) in [6.45, 7) is 6.78. The SMILES string of the molecule is Fc1ccccc1C[NH+]1CC[NH+](CCCc2ccccc2)CC1. The minimum absolute atomic E-state index is 0.0577. The predicted molar refractivity (Wildman–Crippen MR) is 91.1 cm³/mol. The van der Waals surface area contributed by atoms with E-state index in [9.17, 15) is 4.39 Å². The van der Waals surface area contributed by atoms with Gasteiger partial charge in [0.05, 0.1) is 6.54 Å². The summed E-state index contributed by atoms with van der Waals surface area (Å²) in [4.78, 5) is 3.22. The van der Waals surface area contributed by atoms with Crippen molar-refractivity contribution >= 4 is 0 Å². The fourth-order valence-electron chi connectivity index (χ4n) is 3.48. The largest absolute Gasteiger partial charge is 0.326 e. The molecular weight excluding hydrogens is 287 g/mol. The smallest absolute Gasteiger partial charge is 0.132 e. The van der Waals surface area contributed by atoms with Crippen LogP contribution in [-0.2, 0) is 13.0 Å². The first-order chi connectivity index (χ1) is 11.3. The second-order valence-electron chi connectivity index (χ2n) is 6.61. The average Bonchev–Trinajstić information content (AvgIpc) is 2.59. The number of aryl methyl sites for hydroxylation is 1. The maximum absolute atomic E-state index is 13.7. The monoisotopic (exact) mass is 314 g/mol. The molecule has 0 aromatic heterocycles. The number of nitrogens with one attached hydrogen (secondary N) is 2. The zero-order valence-electron chi connectivity index (χ0n) is 13.7. The standard InChI is InChI=1S/C20H25FN2/c21-20-11-5-4-10-19(20)17-23-15-13-22(14-16-23)12-6-9-18-7-2-1-3-8-18/h1-5,7-8,10-11H,6,9,12-17H2/p+2. The van der Waals surface area contributed by atoms with Crippen LogP contribution < -0.4 is 9.80 Å². The molecule has 2 nitrogen and oxygen atoms in total. The highest BCUT2D eigenvalue weighted by Gasteiger charge is 2.23. The molecule has 2 aromatic carbocycles. The van der Waals surface area contributed by atoms with Crippen LogP contribution in [0.2, 0.25) is 0 Å². The highest BCUT2D eigenvalue weighted by Crippen LogP contribution is 2.04. The van der Waals surface area contributed by atoms with Crippen molar-refractivity contribution in [3.05, 3.63) is 71.5 Å². The number of quaternary nitrogens is 2. The zero-order chi connectivity index (χ0) is 15.9. The minimum Gasteiger partial charge on any atom is -0.326 e. The van der Waals surface area contributed by atoms with Crippen LogP contribution in [-0.4, -0.2) is 32.7 Å². The van der Waals surface area contributed by atoms with E-state index in [4.69, 9.17) is 0 Å². The van der Waals surface area contributed by atoms with Crippen molar-refractivity contribution in [2.24, 2.45) is 0 Å². The van der Waals surface area contributed by atoms with E-state index in [0.29, 0.717) is 0 Å². The van der Waals surface area contributed by atoms with E-state index in [-0.39, 0.29) is 5.82 Å². The van der Waals surface area contributed by atoms with E-state index >= 15 is 0 Å². The summed E-state index contributed by atoms with van der Waals surface area (Å²) in [6, 6.07) is 17.9. The van der Waals surface area contributed by atoms with Gasteiger partial charge in [0, 0.05) is 12.0 Å². The van der Waals surface area contributed by atoms with Crippen molar-refractivity contribution in [2.75, 3.05) is 32.7 Å². The van der Waals surface area contributed by atoms with E-state index in [1.807, 2.05) is 12.1 Å². The summed E-state index contributed by atoms with van der Waals surface area (Å²) in [5, 5.41) is 0. The molecule has 0 amide bonds. The third kappa shape index (κ3) is 4.88. The maximum atomic E-state index is 13.7. The van der Waals surface area contributed by atoms with Crippen molar-refractivity contribution in [2.45, 2.75) is 19.4 Å². The second kappa shape index (κ2) is 8.23. The Morgan fingerprint density at radius 3 is 2.17 bits per heavy atom.